The molecule has 1 heterocycles. The minimum atomic E-state index is -0.626. The van der Waals surface area contributed by atoms with Gasteiger partial charge in [0, 0.05) is 12.4 Å². The van der Waals surface area contributed by atoms with Crippen molar-refractivity contribution in [3.63, 3.8) is 0 Å². The molecule has 0 radical (unpaired) electrons. The molecule has 1 rings (SSSR count). The molecule has 0 bridgehead atoms. The normalized spacial score (nSPS) is 11.5. The van der Waals surface area contributed by atoms with Crippen LogP contribution in [0, 0.1) is 11.8 Å². The van der Waals surface area contributed by atoms with E-state index in [0.717, 1.165) is 0 Å². The number of aliphatic hydroxyl groups excluding tert-OH is 1. The van der Waals surface area contributed by atoms with Crippen molar-refractivity contribution in [2.45, 2.75) is 13.0 Å². The van der Waals surface area contributed by atoms with Crippen molar-refractivity contribution in [1.29, 1.82) is 0 Å². The third-order valence-electron chi connectivity index (χ3n) is 0.959. The fraction of sp³-hybridized carbons (Fsp3) is 0.250. The van der Waals surface area contributed by atoms with Crippen LogP contribution < -0.4 is 0 Å². The SMILES string of the molecule is CC(O)C#Cc1ncccn1. The van der Waals surface area contributed by atoms with Gasteiger partial charge in [-0.1, -0.05) is 5.92 Å². The second kappa shape index (κ2) is 3.69. The third-order valence-corrected chi connectivity index (χ3v) is 0.959. The molecule has 56 valence electrons. The molecule has 1 aromatic rings. The topological polar surface area (TPSA) is 46.0 Å². The van der Waals surface area contributed by atoms with Gasteiger partial charge in [0.2, 0.25) is 5.82 Å². The molecule has 0 aliphatic heterocycles. The molecule has 0 aliphatic carbocycles. The highest BCUT2D eigenvalue weighted by molar-refractivity contribution is 5.20. The Kier molecular flexibility index (Phi) is 2.59. The van der Waals surface area contributed by atoms with Crippen LogP contribution in [0.1, 0.15) is 12.7 Å². The summed E-state index contributed by atoms with van der Waals surface area (Å²) in [5.41, 5.74) is 0. The van der Waals surface area contributed by atoms with Crippen molar-refractivity contribution < 1.29 is 5.11 Å². The van der Waals surface area contributed by atoms with Crippen LogP contribution in [0.15, 0.2) is 18.5 Å². The fourth-order valence-corrected chi connectivity index (χ4v) is 0.533. The summed E-state index contributed by atoms with van der Waals surface area (Å²) in [6, 6.07) is 1.72. The lowest BCUT2D eigenvalue weighted by Gasteiger charge is -1.87. The Morgan fingerprint density at radius 2 is 2.09 bits per heavy atom. The highest BCUT2D eigenvalue weighted by Crippen LogP contribution is 1.83. The molecule has 0 spiro atoms. The summed E-state index contributed by atoms with van der Waals surface area (Å²) in [6.45, 7) is 1.59. The second-order valence-electron chi connectivity index (χ2n) is 2.02. The number of aromatic nitrogens is 2. The van der Waals surface area contributed by atoms with Crippen molar-refractivity contribution in [3.8, 4) is 11.8 Å². The minimum Gasteiger partial charge on any atom is -0.381 e. The van der Waals surface area contributed by atoms with Crippen LogP contribution in [0.5, 0.6) is 0 Å². The lowest BCUT2D eigenvalue weighted by molar-refractivity contribution is 0.253. The summed E-state index contributed by atoms with van der Waals surface area (Å²) < 4.78 is 0. The standard InChI is InChI=1S/C8H8N2O/c1-7(11)3-4-8-9-5-2-6-10-8/h2,5-7,11H,1H3. The van der Waals surface area contributed by atoms with E-state index in [1.807, 2.05) is 0 Å². The lowest BCUT2D eigenvalue weighted by Crippen LogP contribution is -1.94. The van der Waals surface area contributed by atoms with Gasteiger partial charge >= 0.3 is 0 Å². The molecule has 3 nitrogen and oxygen atoms in total. The second-order valence-corrected chi connectivity index (χ2v) is 2.02. The van der Waals surface area contributed by atoms with Crippen molar-refractivity contribution in [2.75, 3.05) is 0 Å². The summed E-state index contributed by atoms with van der Waals surface area (Å²) in [4.78, 5) is 7.71. The van der Waals surface area contributed by atoms with Gasteiger partial charge in [-0.2, -0.15) is 0 Å². The first kappa shape index (κ1) is 7.70. The van der Waals surface area contributed by atoms with Crippen molar-refractivity contribution >= 4 is 0 Å². The maximum atomic E-state index is 8.78. The van der Waals surface area contributed by atoms with Crippen LogP contribution in [-0.2, 0) is 0 Å². The van der Waals surface area contributed by atoms with E-state index in [1.54, 1.807) is 25.4 Å². The zero-order valence-electron chi connectivity index (χ0n) is 6.15. The third kappa shape index (κ3) is 2.78. The van der Waals surface area contributed by atoms with Gasteiger partial charge in [0.1, 0.15) is 6.10 Å². The number of nitrogens with zero attached hydrogens (tertiary/aromatic N) is 2. The molecule has 0 amide bonds. The molecule has 0 saturated carbocycles. The van der Waals surface area contributed by atoms with Crippen LogP contribution in [-0.4, -0.2) is 21.2 Å². The molecule has 1 aromatic heterocycles. The minimum absolute atomic E-state index is 0.438. The average molecular weight is 148 g/mol. The molecular formula is C8H8N2O. The van der Waals surface area contributed by atoms with Crippen LogP contribution >= 0.6 is 0 Å². The van der Waals surface area contributed by atoms with E-state index in [9.17, 15) is 0 Å². The highest BCUT2D eigenvalue weighted by atomic mass is 16.3. The average Bonchev–Trinajstić information content (AvgIpc) is 2.03. The Balaban J connectivity index is 2.75. The van der Waals surface area contributed by atoms with E-state index in [1.165, 1.54) is 0 Å². The Bertz CT molecular complexity index is 271. The summed E-state index contributed by atoms with van der Waals surface area (Å²) in [7, 11) is 0. The maximum Gasteiger partial charge on any atom is 0.204 e. The molecule has 1 atom stereocenters. The van der Waals surface area contributed by atoms with E-state index >= 15 is 0 Å². The van der Waals surface area contributed by atoms with Crippen LogP contribution in [0.25, 0.3) is 0 Å². The summed E-state index contributed by atoms with van der Waals surface area (Å²) >= 11 is 0. The van der Waals surface area contributed by atoms with Gasteiger partial charge < -0.3 is 5.11 Å². The van der Waals surface area contributed by atoms with E-state index in [-0.39, 0.29) is 0 Å². The van der Waals surface area contributed by atoms with Gasteiger partial charge in [0.05, 0.1) is 0 Å². The molecule has 1 N–H and O–H groups in total. The van der Waals surface area contributed by atoms with Gasteiger partial charge in [0.25, 0.3) is 0 Å². The smallest absolute Gasteiger partial charge is 0.204 e. The largest absolute Gasteiger partial charge is 0.381 e. The fourth-order valence-electron chi connectivity index (χ4n) is 0.533. The molecule has 3 heteroatoms. The predicted molar refractivity (Wildman–Crippen MR) is 40.6 cm³/mol. The maximum absolute atomic E-state index is 8.78. The molecule has 1 unspecified atom stereocenters. The van der Waals surface area contributed by atoms with Gasteiger partial charge in [-0.15, -0.1) is 0 Å². The molecule has 0 aliphatic rings. The molecular weight excluding hydrogens is 140 g/mol. The quantitative estimate of drug-likeness (QED) is 0.535. The predicted octanol–water partition coefficient (Wildman–Crippen LogP) is 0.209. The van der Waals surface area contributed by atoms with Crippen LogP contribution in [0.4, 0.5) is 0 Å². The van der Waals surface area contributed by atoms with Crippen molar-refractivity contribution in [3.05, 3.63) is 24.3 Å². The van der Waals surface area contributed by atoms with Crippen LogP contribution in [0.3, 0.4) is 0 Å². The van der Waals surface area contributed by atoms with E-state index in [4.69, 9.17) is 5.11 Å². The Morgan fingerprint density at radius 1 is 1.45 bits per heavy atom. The van der Waals surface area contributed by atoms with Gasteiger partial charge in [-0.3, -0.25) is 0 Å². The highest BCUT2D eigenvalue weighted by Gasteiger charge is 1.86. The number of aliphatic hydroxyl groups is 1. The van der Waals surface area contributed by atoms with Gasteiger partial charge in [0.15, 0.2) is 0 Å². The first-order valence-corrected chi connectivity index (χ1v) is 3.25. The molecule has 0 aromatic carbocycles. The van der Waals surface area contributed by atoms with Crippen LogP contribution in [0.2, 0.25) is 0 Å². The van der Waals surface area contributed by atoms with Gasteiger partial charge in [-0.05, 0) is 18.9 Å². The van der Waals surface area contributed by atoms with E-state index < -0.39 is 6.10 Å². The molecule has 11 heavy (non-hydrogen) atoms. The number of hydrogen-bond acceptors (Lipinski definition) is 3. The number of hydrogen-bond donors (Lipinski definition) is 1. The Labute approximate surface area is 65.1 Å². The number of rotatable bonds is 0. The van der Waals surface area contributed by atoms with Gasteiger partial charge in [-0.25, -0.2) is 9.97 Å². The summed E-state index contributed by atoms with van der Waals surface area (Å²) in [5.74, 6) is 5.60. The lowest BCUT2D eigenvalue weighted by atomic mass is 10.4. The van der Waals surface area contributed by atoms with E-state index in [2.05, 4.69) is 21.8 Å². The summed E-state index contributed by atoms with van der Waals surface area (Å²) in [6.07, 6.45) is 2.59. The zero-order valence-corrected chi connectivity index (χ0v) is 6.15. The summed E-state index contributed by atoms with van der Waals surface area (Å²) in [5, 5.41) is 8.78. The van der Waals surface area contributed by atoms with Crippen molar-refractivity contribution in [1.82, 2.24) is 9.97 Å². The molecule has 0 fully saturated rings. The Morgan fingerprint density at radius 3 is 2.64 bits per heavy atom. The molecule has 0 saturated heterocycles. The van der Waals surface area contributed by atoms with E-state index in [0.29, 0.717) is 5.82 Å². The first-order valence-electron chi connectivity index (χ1n) is 3.25. The first-order chi connectivity index (χ1) is 5.29. The zero-order chi connectivity index (χ0) is 8.10. The Hall–Kier alpha value is -1.40. The van der Waals surface area contributed by atoms with Crippen molar-refractivity contribution in [2.24, 2.45) is 0 Å². The monoisotopic (exact) mass is 148 g/mol.